The highest BCUT2D eigenvalue weighted by Gasteiger charge is 2.45. The van der Waals surface area contributed by atoms with Crippen molar-refractivity contribution in [2.45, 2.75) is 26.9 Å². The normalized spacial score (nSPS) is 23.2. The third-order valence-corrected chi connectivity index (χ3v) is 4.59. The minimum Gasteiger partial charge on any atom is -0.481 e. The molecule has 6 heteroatoms. The Hall–Kier alpha value is -1.95. The lowest BCUT2D eigenvalue weighted by molar-refractivity contribution is -0.143. The molecule has 0 radical (unpaired) electrons. The van der Waals surface area contributed by atoms with Crippen molar-refractivity contribution in [2.75, 3.05) is 19.7 Å². The number of amides is 1. The van der Waals surface area contributed by atoms with Gasteiger partial charge >= 0.3 is 5.97 Å². The maximum absolute atomic E-state index is 12.7. The van der Waals surface area contributed by atoms with E-state index in [9.17, 15) is 14.7 Å². The van der Waals surface area contributed by atoms with Crippen LogP contribution in [0.15, 0.2) is 12.3 Å². The van der Waals surface area contributed by atoms with Crippen LogP contribution in [0.3, 0.4) is 0 Å². The van der Waals surface area contributed by atoms with Gasteiger partial charge in [-0.3, -0.25) is 14.6 Å². The number of aromatic nitrogens is 1. The molecule has 0 aliphatic carbocycles. The third kappa shape index (κ3) is 2.59. The number of hydrogen-bond acceptors (Lipinski definition) is 4. The Morgan fingerprint density at radius 3 is 2.91 bits per heavy atom. The van der Waals surface area contributed by atoms with Crippen LogP contribution in [-0.2, 0) is 22.6 Å². The van der Waals surface area contributed by atoms with Crippen LogP contribution >= 0.6 is 0 Å². The first-order chi connectivity index (χ1) is 10.4. The summed E-state index contributed by atoms with van der Waals surface area (Å²) >= 11 is 0. The molecule has 0 bridgehead atoms. The number of carbonyl (C=O) groups excluding carboxylic acids is 1. The quantitative estimate of drug-likeness (QED) is 0.892. The fourth-order valence-corrected chi connectivity index (χ4v) is 3.24. The zero-order valence-corrected chi connectivity index (χ0v) is 12.8. The van der Waals surface area contributed by atoms with Crippen LogP contribution in [0.1, 0.15) is 35.5 Å². The number of nitrogens with zero attached hydrogens (tertiary/aromatic N) is 2. The molecule has 22 heavy (non-hydrogen) atoms. The van der Waals surface area contributed by atoms with Crippen molar-refractivity contribution in [2.24, 2.45) is 11.3 Å². The molecule has 2 aliphatic heterocycles. The molecule has 0 spiro atoms. The summed E-state index contributed by atoms with van der Waals surface area (Å²) in [5.41, 5.74) is 2.04. The van der Waals surface area contributed by atoms with Crippen LogP contribution in [0, 0.1) is 11.3 Å². The van der Waals surface area contributed by atoms with Gasteiger partial charge in [-0.05, 0) is 23.5 Å². The number of pyridine rings is 1. The summed E-state index contributed by atoms with van der Waals surface area (Å²) in [5, 5.41) is 9.31. The van der Waals surface area contributed by atoms with Gasteiger partial charge in [-0.15, -0.1) is 0 Å². The summed E-state index contributed by atoms with van der Waals surface area (Å²) in [6.45, 7) is 5.61. The molecule has 1 fully saturated rings. The zero-order chi connectivity index (χ0) is 15.9. The number of likely N-dealkylation sites (tertiary alicyclic amines) is 1. The standard InChI is InChI=1S/C16H20N2O4/c1-16(2)9-18(7-12(16)15(20)21)14(19)11-5-10-3-4-22-8-13(10)17-6-11/h5-6,12H,3-4,7-9H2,1-2H3,(H,20,21). The van der Waals surface area contributed by atoms with Crippen molar-refractivity contribution in [1.82, 2.24) is 9.88 Å². The lowest BCUT2D eigenvalue weighted by Gasteiger charge is -2.22. The third-order valence-electron chi connectivity index (χ3n) is 4.59. The number of hydrogen-bond donors (Lipinski definition) is 1. The first-order valence-electron chi connectivity index (χ1n) is 7.46. The Balaban J connectivity index is 1.81. The second-order valence-corrected chi connectivity index (χ2v) is 6.70. The molecule has 1 aromatic heterocycles. The van der Waals surface area contributed by atoms with Crippen LogP contribution in [-0.4, -0.2) is 46.6 Å². The summed E-state index contributed by atoms with van der Waals surface area (Å²) in [5.74, 6) is -1.52. The molecule has 6 nitrogen and oxygen atoms in total. The van der Waals surface area contributed by atoms with E-state index < -0.39 is 17.3 Å². The Morgan fingerprint density at radius 2 is 2.23 bits per heavy atom. The number of ether oxygens (including phenoxy) is 1. The molecule has 1 aromatic rings. The Labute approximate surface area is 129 Å². The van der Waals surface area contributed by atoms with E-state index >= 15 is 0 Å². The monoisotopic (exact) mass is 304 g/mol. The predicted molar refractivity (Wildman–Crippen MR) is 78.4 cm³/mol. The fourth-order valence-electron chi connectivity index (χ4n) is 3.24. The Kier molecular flexibility index (Phi) is 3.64. The SMILES string of the molecule is CC1(C)CN(C(=O)c2cnc3c(c2)CCOC3)CC1C(=O)O. The van der Waals surface area contributed by atoms with Gasteiger partial charge in [-0.2, -0.15) is 0 Å². The Bertz CT molecular complexity index is 627. The molecule has 1 atom stereocenters. The van der Waals surface area contributed by atoms with Crippen LogP contribution in [0.25, 0.3) is 0 Å². The molecule has 1 N–H and O–H groups in total. The molecule has 1 amide bonds. The summed E-state index contributed by atoms with van der Waals surface area (Å²) < 4.78 is 5.34. The van der Waals surface area contributed by atoms with Gasteiger partial charge in [0.1, 0.15) is 0 Å². The molecular weight excluding hydrogens is 284 g/mol. The first-order valence-corrected chi connectivity index (χ1v) is 7.46. The molecule has 3 heterocycles. The van der Waals surface area contributed by atoms with E-state index in [1.54, 1.807) is 11.1 Å². The van der Waals surface area contributed by atoms with E-state index in [-0.39, 0.29) is 12.5 Å². The van der Waals surface area contributed by atoms with Crippen molar-refractivity contribution in [3.05, 3.63) is 29.1 Å². The van der Waals surface area contributed by atoms with Gasteiger partial charge in [-0.25, -0.2) is 0 Å². The highest BCUT2D eigenvalue weighted by molar-refractivity contribution is 5.95. The van der Waals surface area contributed by atoms with Crippen molar-refractivity contribution >= 4 is 11.9 Å². The predicted octanol–water partition coefficient (Wildman–Crippen LogP) is 1.34. The molecule has 2 aliphatic rings. The average molecular weight is 304 g/mol. The highest BCUT2D eigenvalue weighted by atomic mass is 16.5. The van der Waals surface area contributed by atoms with Gasteiger partial charge in [0.25, 0.3) is 5.91 Å². The number of aliphatic carboxylic acids is 1. The van der Waals surface area contributed by atoms with Crippen LogP contribution in [0.5, 0.6) is 0 Å². The van der Waals surface area contributed by atoms with Crippen LogP contribution < -0.4 is 0 Å². The first kappa shape index (κ1) is 15.0. The minimum absolute atomic E-state index is 0.140. The van der Waals surface area contributed by atoms with Crippen molar-refractivity contribution in [3.63, 3.8) is 0 Å². The molecule has 0 aromatic carbocycles. The highest BCUT2D eigenvalue weighted by Crippen LogP contribution is 2.36. The summed E-state index contributed by atoms with van der Waals surface area (Å²) in [4.78, 5) is 29.9. The second-order valence-electron chi connectivity index (χ2n) is 6.70. The maximum Gasteiger partial charge on any atom is 0.308 e. The van der Waals surface area contributed by atoms with E-state index in [1.165, 1.54) is 0 Å². The van der Waals surface area contributed by atoms with Gasteiger partial charge in [0.05, 0.1) is 30.4 Å². The summed E-state index contributed by atoms with van der Waals surface area (Å²) in [6, 6.07) is 1.87. The van der Waals surface area contributed by atoms with E-state index in [1.807, 2.05) is 19.9 Å². The molecule has 1 saturated heterocycles. The molecule has 3 rings (SSSR count). The smallest absolute Gasteiger partial charge is 0.308 e. The number of fused-ring (bicyclic) bond motifs is 1. The Morgan fingerprint density at radius 1 is 1.45 bits per heavy atom. The molecular formula is C16H20N2O4. The van der Waals surface area contributed by atoms with Crippen molar-refractivity contribution in [1.29, 1.82) is 0 Å². The van der Waals surface area contributed by atoms with Crippen molar-refractivity contribution < 1.29 is 19.4 Å². The van der Waals surface area contributed by atoms with Gasteiger partial charge in [0.2, 0.25) is 0 Å². The van der Waals surface area contributed by atoms with E-state index in [4.69, 9.17) is 4.74 Å². The number of carboxylic acids is 1. The number of carboxylic acid groups (broad SMARTS) is 1. The van der Waals surface area contributed by atoms with Crippen LogP contribution in [0.2, 0.25) is 0 Å². The van der Waals surface area contributed by atoms with Gasteiger partial charge < -0.3 is 14.7 Å². The number of rotatable bonds is 2. The lowest BCUT2D eigenvalue weighted by Crippen LogP contribution is -2.30. The number of carbonyl (C=O) groups is 2. The minimum atomic E-state index is -0.846. The summed E-state index contributed by atoms with van der Waals surface area (Å²) in [6.07, 6.45) is 2.32. The van der Waals surface area contributed by atoms with Gasteiger partial charge in [-0.1, -0.05) is 13.8 Å². The van der Waals surface area contributed by atoms with Crippen molar-refractivity contribution in [3.8, 4) is 0 Å². The molecule has 118 valence electrons. The largest absolute Gasteiger partial charge is 0.481 e. The fraction of sp³-hybridized carbons (Fsp3) is 0.562. The van der Waals surface area contributed by atoms with E-state index in [2.05, 4.69) is 4.98 Å². The topological polar surface area (TPSA) is 79.7 Å². The van der Waals surface area contributed by atoms with Gasteiger partial charge in [0, 0.05) is 19.3 Å². The average Bonchev–Trinajstić information content (AvgIpc) is 2.81. The molecule has 0 saturated carbocycles. The van der Waals surface area contributed by atoms with Gasteiger partial charge in [0.15, 0.2) is 0 Å². The van der Waals surface area contributed by atoms with Crippen LogP contribution in [0.4, 0.5) is 0 Å². The zero-order valence-electron chi connectivity index (χ0n) is 12.8. The van der Waals surface area contributed by atoms with E-state index in [0.717, 1.165) is 17.7 Å². The second kappa shape index (κ2) is 5.35. The lowest BCUT2D eigenvalue weighted by atomic mass is 9.82. The molecule has 1 unspecified atom stereocenters. The summed E-state index contributed by atoms with van der Waals surface area (Å²) in [7, 11) is 0. The maximum atomic E-state index is 12.7. The van der Waals surface area contributed by atoms with E-state index in [0.29, 0.717) is 25.3 Å².